The number of carbonyl (C=O) groups excluding carboxylic acids is 1. The fourth-order valence-corrected chi connectivity index (χ4v) is 1.78. The van der Waals surface area contributed by atoms with Crippen molar-refractivity contribution in [2.24, 2.45) is 5.10 Å². The number of amides is 1. The largest absolute Gasteiger partial charge is 0.495 e. The molecule has 6 heteroatoms. The van der Waals surface area contributed by atoms with Gasteiger partial charge in [-0.1, -0.05) is 12.1 Å². The van der Waals surface area contributed by atoms with Crippen molar-refractivity contribution in [2.45, 2.75) is 6.92 Å². The summed E-state index contributed by atoms with van der Waals surface area (Å²) in [6.45, 7) is 1.88. The van der Waals surface area contributed by atoms with Crippen LogP contribution >= 0.6 is 0 Å². The first-order valence-corrected chi connectivity index (χ1v) is 7.10. The summed E-state index contributed by atoms with van der Waals surface area (Å²) in [7, 11) is 1.58. The van der Waals surface area contributed by atoms with Crippen LogP contribution in [0.5, 0.6) is 5.75 Å². The van der Waals surface area contributed by atoms with Crippen LogP contribution in [0.4, 0.5) is 5.69 Å². The number of nitrogens with one attached hydrogen (secondary N) is 2. The highest BCUT2D eigenvalue weighted by atomic mass is 16.5. The molecule has 6 nitrogen and oxygen atoms in total. The lowest BCUT2D eigenvalue weighted by atomic mass is 10.3. The Bertz CT molecular complexity index is 691. The summed E-state index contributed by atoms with van der Waals surface area (Å²) in [5.74, 6) is 1.16. The molecule has 1 aromatic carbocycles. The van der Waals surface area contributed by atoms with Crippen molar-refractivity contribution in [3.8, 4) is 5.75 Å². The number of anilines is 1. The minimum atomic E-state index is -0.248. The summed E-state index contributed by atoms with van der Waals surface area (Å²) in [6.07, 6.45) is 5.13. The number of methoxy groups -OCH3 is 1. The number of para-hydroxylation sites is 2. The van der Waals surface area contributed by atoms with Crippen molar-refractivity contribution < 1.29 is 13.9 Å². The van der Waals surface area contributed by atoms with Crippen molar-refractivity contribution in [3.05, 3.63) is 54.5 Å². The Hall–Kier alpha value is -3.02. The Balaban J connectivity index is 1.81. The molecular formula is C17H19N3O3. The Morgan fingerprint density at radius 1 is 1.30 bits per heavy atom. The van der Waals surface area contributed by atoms with E-state index in [9.17, 15) is 4.79 Å². The lowest BCUT2D eigenvalue weighted by Crippen LogP contribution is -2.26. The summed E-state index contributed by atoms with van der Waals surface area (Å²) in [6, 6.07) is 11.0. The lowest BCUT2D eigenvalue weighted by Gasteiger charge is -2.09. The van der Waals surface area contributed by atoms with Crippen LogP contribution in [0, 0.1) is 0 Å². The van der Waals surface area contributed by atoms with Gasteiger partial charge >= 0.3 is 0 Å². The molecule has 0 spiro atoms. The molecular weight excluding hydrogens is 294 g/mol. The number of furan rings is 1. The predicted octanol–water partition coefficient (Wildman–Crippen LogP) is 2.91. The van der Waals surface area contributed by atoms with Gasteiger partial charge in [0.15, 0.2) is 0 Å². The van der Waals surface area contributed by atoms with Gasteiger partial charge in [0, 0.05) is 0 Å². The van der Waals surface area contributed by atoms with Crippen molar-refractivity contribution in [2.75, 3.05) is 19.0 Å². The molecule has 23 heavy (non-hydrogen) atoms. The highest BCUT2D eigenvalue weighted by Crippen LogP contribution is 2.22. The molecule has 1 amide bonds. The Morgan fingerprint density at radius 3 is 2.87 bits per heavy atom. The summed E-state index contributed by atoms with van der Waals surface area (Å²) < 4.78 is 10.4. The zero-order valence-electron chi connectivity index (χ0n) is 13.1. The van der Waals surface area contributed by atoms with E-state index in [-0.39, 0.29) is 12.5 Å². The average molecular weight is 313 g/mol. The lowest BCUT2D eigenvalue weighted by molar-refractivity contribution is -0.119. The van der Waals surface area contributed by atoms with Gasteiger partial charge in [0.1, 0.15) is 11.5 Å². The van der Waals surface area contributed by atoms with E-state index >= 15 is 0 Å². The van der Waals surface area contributed by atoms with Gasteiger partial charge < -0.3 is 14.5 Å². The number of hydrogen-bond acceptors (Lipinski definition) is 5. The third-order valence-electron chi connectivity index (χ3n) is 2.94. The van der Waals surface area contributed by atoms with Gasteiger partial charge in [-0.2, -0.15) is 5.10 Å². The monoisotopic (exact) mass is 313 g/mol. The molecule has 0 aliphatic rings. The summed E-state index contributed by atoms with van der Waals surface area (Å²) in [5, 5.41) is 7.00. The summed E-state index contributed by atoms with van der Waals surface area (Å²) >= 11 is 0. The van der Waals surface area contributed by atoms with Crippen LogP contribution in [0.25, 0.3) is 6.08 Å². The number of nitrogens with zero attached hydrogens (tertiary/aromatic N) is 1. The first kappa shape index (κ1) is 16.4. The van der Waals surface area contributed by atoms with Crippen molar-refractivity contribution >= 4 is 23.4 Å². The quantitative estimate of drug-likeness (QED) is 0.609. The van der Waals surface area contributed by atoms with Crippen LogP contribution in [0.2, 0.25) is 0 Å². The number of rotatable bonds is 7. The molecule has 0 radical (unpaired) electrons. The van der Waals surface area contributed by atoms with Gasteiger partial charge in [-0.25, -0.2) is 5.43 Å². The molecule has 2 rings (SSSR count). The van der Waals surface area contributed by atoms with Crippen LogP contribution in [0.3, 0.4) is 0 Å². The second-order valence-corrected chi connectivity index (χ2v) is 4.69. The number of ether oxygens (including phenoxy) is 1. The SMILES string of the molecule is COc1ccccc1NCC(=O)N/N=C(C)/C=C/c1ccco1. The van der Waals surface area contributed by atoms with Gasteiger partial charge in [-0.05, 0) is 43.3 Å². The fraction of sp³-hybridized carbons (Fsp3) is 0.176. The summed E-state index contributed by atoms with van der Waals surface area (Å²) in [5.41, 5.74) is 3.90. The number of allylic oxidation sites excluding steroid dienone is 1. The smallest absolute Gasteiger partial charge is 0.259 e. The Morgan fingerprint density at radius 2 is 2.13 bits per heavy atom. The van der Waals surface area contributed by atoms with E-state index < -0.39 is 0 Å². The fourth-order valence-electron chi connectivity index (χ4n) is 1.78. The first-order valence-electron chi connectivity index (χ1n) is 7.10. The third-order valence-corrected chi connectivity index (χ3v) is 2.94. The van der Waals surface area contributed by atoms with E-state index in [0.29, 0.717) is 11.5 Å². The minimum absolute atomic E-state index is 0.0963. The minimum Gasteiger partial charge on any atom is -0.495 e. The zero-order valence-corrected chi connectivity index (χ0v) is 13.1. The number of benzene rings is 1. The van der Waals surface area contributed by atoms with Crippen LogP contribution < -0.4 is 15.5 Å². The number of carbonyl (C=O) groups is 1. The molecule has 2 aromatic rings. The van der Waals surface area contributed by atoms with Crippen LogP contribution in [0.1, 0.15) is 12.7 Å². The maximum absolute atomic E-state index is 11.8. The maximum atomic E-state index is 11.8. The van der Waals surface area contributed by atoms with Crippen LogP contribution in [-0.4, -0.2) is 25.3 Å². The Labute approximate surface area is 134 Å². The zero-order chi connectivity index (χ0) is 16.5. The predicted molar refractivity (Wildman–Crippen MR) is 90.5 cm³/mol. The molecule has 0 bridgehead atoms. The summed E-state index contributed by atoms with van der Waals surface area (Å²) in [4.78, 5) is 11.8. The molecule has 120 valence electrons. The number of hydrogen-bond donors (Lipinski definition) is 2. The van der Waals surface area contributed by atoms with E-state index in [2.05, 4.69) is 15.8 Å². The van der Waals surface area contributed by atoms with Crippen LogP contribution in [0.15, 0.2) is 58.3 Å². The van der Waals surface area contributed by atoms with Gasteiger partial charge in [0.2, 0.25) is 0 Å². The number of hydrazone groups is 1. The van der Waals surface area contributed by atoms with E-state index in [1.807, 2.05) is 30.3 Å². The highest BCUT2D eigenvalue weighted by molar-refractivity contribution is 5.96. The topological polar surface area (TPSA) is 75.9 Å². The standard InChI is InChI=1S/C17H19N3O3/c1-13(9-10-14-6-5-11-23-14)19-20-17(21)12-18-15-7-3-4-8-16(15)22-2/h3-11,18H,12H2,1-2H3,(H,20,21)/b10-9+,19-13+. The maximum Gasteiger partial charge on any atom is 0.259 e. The Kier molecular flexibility index (Phi) is 5.99. The highest BCUT2D eigenvalue weighted by Gasteiger charge is 2.04. The molecule has 0 aliphatic heterocycles. The van der Waals surface area contributed by atoms with Crippen LogP contribution in [-0.2, 0) is 4.79 Å². The molecule has 0 saturated heterocycles. The van der Waals surface area contributed by atoms with Gasteiger partial charge in [0.25, 0.3) is 5.91 Å². The second kappa shape index (κ2) is 8.43. The van der Waals surface area contributed by atoms with Crippen molar-refractivity contribution in [1.29, 1.82) is 0 Å². The van der Waals surface area contributed by atoms with Crippen molar-refractivity contribution in [1.82, 2.24) is 5.43 Å². The van der Waals surface area contributed by atoms with E-state index in [0.717, 1.165) is 11.4 Å². The molecule has 0 atom stereocenters. The molecule has 0 fully saturated rings. The molecule has 2 N–H and O–H groups in total. The van der Waals surface area contributed by atoms with Gasteiger partial charge in [-0.15, -0.1) is 0 Å². The van der Waals surface area contributed by atoms with Crippen molar-refractivity contribution in [3.63, 3.8) is 0 Å². The molecule has 0 unspecified atom stereocenters. The normalized spacial score (nSPS) is 11.5. The molecule has 1 heterocycles. The van der Waals surface area contributed by atoms with E-state index in [1.54, 1.807) is 38.5 Å². The molecule has 0 saturated carbocycles. The molecule has 1 aromatic heterocycles. The van der Waals surface area contributed by atoms with Gasteiger partial charge in [-0.3, -0.25) is 4.79 Å². The van der Waals surface area contributed by atoms with Gasteiger partial charge in [0.05, 0.1) is 31.3 Å². The van der Waals surface area contributed by atoms with E-state index in [1.165, 1.54) is 0 Å². The van der Waals surface area contributed by atoms with E-state index in [4.69, 9.17) is 9.15 Å². The second-order valence-electron chi connectivity index (χ2n) is 4.69. The first-order chi connectivity index (χ1) is 11.2. The molecule has 0 aliphatic carbocycles. The average Bonchev–Trinajstić information content (AvgIpc) is 3.10. The third kappa shape index (κ3) is 5.35.